The molecule has 0 unspecified atom stereocenters. The number of benzene rings is 2. The molecular formula is C17H10F3N3O2. The van der Waals surface area contributed by atoms with E-state index in [1.54, 1.807) is 53.1 Å². The van der Waals surface area contributed by atoms with E-state index in [2.05, 4.69) is 10.2 Å². The molecule has 0 N–H and O–H groups in total. The van der Waals surface area contributed by atoms with Crippen LogP contribution in [0.1, 0.15) is 11.8 Å². The zero-order valence-electron chi connectivity index (χ0n) is 12.6. The summed E-state index contributed by atoms with van der Waals surface area (Å²) in [6, 6.07) is 13.8. The van der Waals surface area contributed by atoms with Crippen LogP contribution in [0.3, 0.4) is 0 Å². The Labute approximate surface area is 138 Å². The number of alkyl halides is 3. The van der Waals surface area contributed by atoms with Gasteiger partial charge in [-0.25, -0.2) is 0 Å². The lowest BCUT2D eigenvalue weighted by molar-refractivity contribution is -0.157. The monoisotopic (exact) mass is 345 g/mol. The molecule has 0 saturated carbocycles. The summed E-state index contributed by atoms with van der Waals surface area (Å²) in [5.74, 6) is -1.58. The number of fused-ring (bicyclic) bond motifs is 2. The SMILES string of the molecule is O=c1c2ccccc2n(Cc2nnc(C(F)(F)F)o2)c2ccccc12. The molecule has 0 aliphatic carbocycles. The van der Waals surface area contributed by atoms with E-state index in [1.165, 1.54) is 0 Å². The van der Waals surface area contributed by atoms with Gasteiger partial charge in [-0.05, 0) is 24.3 Å². The Balaban J connectivity index is 1.95. The van der Waals surface area contributed by atoms with Crippen LogP contribution in [0.5, 0.6) is 0 Å². The van der Waals surface area contributed by atoms with Crippen molar-refractivity contribution in [2.45, 2.75) is 12.7 Å². The van der Waals surface area contributed by atoms with Crippen molar-refractivity contribution in [3.8, 4) is 0 Å². The first-order valence-corrected chi connectivity index (χ1v) is 7.35. The highest BCUT2D eigenvalue weighted by molar-refractivity contribution is 5.93. The van der Waals surface area contributed by atoms with Crippen molar-refractivity contribution in [2.24, 2.45) is 0 Å². The smallest absolute Gasteiger partial charge is 0.415 e. The van der Waals surface area contributed by atoms with E-state index in [4.69, 9.17) is 4.42 Å². The number of nitrogens with zero attached hydrogens (tertiary/aromatic N) is 3. The summed E-state index contributed by atoms with van der Waals surface area (Å²) in [4.78, 5) is 12.6. The Morgan fingerprint density at radius 2 is 1.48 bits per heavy atom. The van der Waals surface area contributed by atoms with Crippen LogP contribution in [0.2, 0.25) is 0 Å². The van der Waals surface area contributed by atoms with E-state index in [-0.39, 0.29) is 17.9 Å². The lowest BCUT2D eigenvalue weighted by Gasteiger charge is -2.13. The fourth-order valence-corrected chi connectivity index (χ4v) is 2.81. The Kier molecular flexibility index (Phi) is 3.34. The van der Waals surface area contributed by atoms with Crippen molar-refractivity contribution >= 4 is 21.8 Å². The number of pyridine rings is 1. The summed E-state index contributed by atoms with van der Waals surface area (Å²) in [6.45, 7) is -0.0790. The van der Waals surface area contributed by atoms with Gasteiger partial charge < -0.3 is 8.98 Å². The van der Waals surface area contributed by atoms with Gasteiger partial charge in [0.2, 0.25) is 5.89 Å². The molecule has 4 rings (SSSR count). The number of hydrogen-bond acceptors (Lipinski definition) is 4. The van der Waals surface area contributed by atoms with Crippen LogP contribution in [-0.4, -0.2) is 14.8 Å². The highest BCUT2D eigenvalue weighted by Crippen LogP contribution is 2.28. The van der Waals surface area contributed by atoms with Gasteiger partial charge in [-0.2, -0.15) is 13.2 Å². The maximum absolute atomic E-state index is 12.7. The fraction of sp³-hybridized carbons (Fsp3) is 0.118. The van der Waals surface area contributed by atoms with Gasteiger partial charge in [0.1, 0.15) is 6.54 Å². The Morgan fingerprint density at radius 1 is 0.920 bits per heavy atom. The average Bonchev–Trinajstić information content (AvgIpc) is 3.08. The maximum Gasteiger partial charge on any atom is 0.470 e. The predicted octanol–water partition coefficient (Wildman–Crippen LogP) is 3.60. The predicted molar refractivity (Wildman–Crippen MR) is 84.1 cm³/mol. The lowest BCUT2D eigenvalue weighted by Crippen LogP contribution is -2.12. The third-order valence-electron chi connectivity index (χ3n) is 3.88. The third-order valence-corrected chi connectivity index (χ3v) is 3.88. The second kappa shape index (κ2) is 5.44. The van der Waals surface area contributed by atoms with Gasteiger partial charge in [-0.15, -0.1) is 10.2 Å². The van der Waals surface area contributed by atoms with E-state index < -0.39 is 12.1 Å². The highest BCUT2D eigenvalue weighted by Gasteiger charge is 2.38. The van der Waals surface area contributed by atoms with Crippen molar-refractivity contribution in [2.75, 3.05) is 0 Å². The highest BCUT2D eigenvalue weighted by atomic mass is 19.4. The first kappa shape index (κ1) is 15.4. The second-order valence-electron chi connectivity index (χ2n) is 5.45. The number of rotatable bonds is 2. The number of aromatic nitrogens is 3. The van der Waals surface area contributed by atoms with E-state index in [1.807, 2.05) is 0 Å². The van der Waals surface area contributed by atoms with Crippen molar-refractivity contribution in [3.05, 3.63) is 70.5 Å². The van der Waals surface area contributed by atoms with Crippen molar-refractivity contribution in [1.82, 2.24) is 14.8 Å². The van der Waals surface area contributed by atoms with Gasteiger partial charge in [-0.1, -0.05) is 24.3 Å². The van der Waals surface area contributed by atoms with Crippen molar-refractivity contribution < 1.29 is 17.6 Å². The molecule has 2 heterocycles. The summed E-state index contributed by atoms with van der Waals surface area (Å²) in [7, 11) is 0. The molecule has 0 aliphatic rings. The van der Waals surface area contributed by atoms with Crippen LogP contribution in [0, 0.1) is 0 Å². The normalized spacial score (nSPS) is 12.1. The quantitative estimate of drug-likeness (QED) is 0.521. The summed E-state index contributed by atoms with van der Waals surface area (Å²) in [5.41, 5.74) is 1.03. The van der Waals surface area contributed by atoms with E-state index in [9.17, 15) is 18.0 Å². The molecule has 0 fully saturated rings. The zero-order valence-corrected chi connectivity index (χ0v) is 12.6. The molecule has 0 radical (unpaired) electrons. The van der Waals surface area contributed by atoms with Gasteiger partial charge in [0.15, 0.2) is 5.43 Å². The molecule has 5 nitrogen and oxygen atoms in total. The van der Waals surface area contributed by atoms with Gasteiger partial charge >= 0.3 is 12.1 Å². The molecule has 2 aromatic carbocycles. The first-order valence-electron chi connectivity index (χ1n) is 7.35. The summed E-state index contributed by atoms with van der Waals surface area (Å²) >= 11 is 0. The fourth-order valence-electron chi connectivity index (χ4n) is 2.81. The first-order chi connectivity index (χ1) is 11.9. The van der Waals surface area contributed by atoms with Crippen LogP contribution in [0.25, 0.3) is 21.8 Å². The summed E-state index contributed by atoms with van der Waals surface area (Å²) in [5, 5.41) is 7.46. The number of hydrogen-bond donors (Lipinski definition) is 0. The van der Waals surface area contributed by atoms with E-state index in [0.29, 0.717) is 21.8 Å². The van der Waals surface area contributed by atoms with Gasteiger partial charge in [-0.3, -0.25) is 4.79 Å². The molecule has 0 atom stereocenters. The average molecular weight is 345 g/mol. The lowest BCUT2D eigenvalue weighted by atomic mass is 10.1. The van der Waals surface area contributed by atoms with E-state index in [0.717, 1.165) is 0 Å². The molecule has 0 aliphatic heterocycles. The molecule has 126 valence electrons. The molecular weight excluding hydrogens is 335 g/mol. The largest absolute Gasteiger partial charge is 0.470 e. The molecule has 0 spiro atoms. The minimum Gasteiger partial charge on any atom is -0.415 e. The summed E-state index contributed by atoms with van der Waals surface area (Å²) < 4.78 is 44.4. The molecule has 0 saturated heterocycles. The number of para-hydroxylation sites is 2. The molecule has 0 bridgehead atoms. The Morgan fingerprint density at radius 3 is 2.00 bits per heavy atom. The number of halogens is 3. The topological polar surface area (TPSA) is 60.9 Å². The second-order valence-corrected chi connectivity index (χ2v) is 5.45. The molecule has 25 heavy (non-hydrogen) atoms. The van der Waals surface area contributed by atoms with Crippen molar-refractivity contribution in [3.63, 3.8) is 0 Å². The van der Waals surface area contributed by atoms with Gasteiger partial charge in [0, 0.05) is 10.8 Å². The van der Waals surface area contributed by atoms with Crippen LogP contribution in [0.4, 0.5) is 13.2 Å². The molecule has 4 aromatic rings. The van der Waals surface area contributed by atoms with Crippen LogP contribution >= 0.6 is 0 Å². The zero-order chi connectivity index (χ0) is 17.6. The standard InChI is InChI=1S/C17H10F3N3O2/c18-17(19,20)16-22-21-14(25-16)9-23-12-7-3-1-5-10(12)15(24)11-6-2-4-8-13(11)23/h1-8H,9H2. The summed E-state index contributed by atoms with van der Waals surface area (Å²) in [6.07, 6.45) is -4.70. The van der Waals surface area contributed by atoms with Crippen LogP contribution < -0.4 is 5.43 Å². The molecule has 8 heteroatoms. The molecule has 2 aromatic heterocycles. The van der Waals surface area contributed by atoms with Crippen LogP contribution in [0.15, 0.2) is 57.7 Å². The minimum atomic E-state index is -4.70. The van der Waals surface area contributed by atoms with Crippen LogP contribution in [-0.2, 0) is 12.7 Å². The van der Waals surface area contributed by atoms with Gasteiger partial charge in [0.25, 0.3) is 0 Å². The maximum atomic E-state index is 12.7. The third kappa shape index (κ3) is 2.55. The van der Waals surface area contributed by atoms with E-state index >= 15 is 0 Å². The minimum absolute atomic E-state index is 0.0790. The van der Waals surface area contributed by atoms with Gasteiger partial charge in [0.05, 0.1) is 11.0 Å². The van der Waals surface area contributed by atoms with Crippen molar-refractivity contribution in [1.29, 1.82) is 0 Å². The molecule has 0 amide bonds. The Hall–Kier alpha value is -3.16. The Bertz CT molecular complexity index is 1090.